The van der Waals surface area contributed by atoms with Crippen molar-refractivity contribution in [1.29, 1.82) is 0 Å². The number of carbonyl (C=O) groups excluding carboxylic acids is 1. The highest BCUT2D eigenvalue weighted by molar-refractivity contribution is 7.81. The summed E-state index contributed by atoms with van der Waals surface area (Å²) in [5.41, 5.74) is 0. The van der Waals surface area contributed by atoms with Crippen LogP contribution >= 0.6 is 12.6 Å². The molecule has 1 aliphatic heterocycles. The van der Waals surface area contributed by atoms with Crippen LogP contribution in [0.5, 0.6) is 0 Å². The van der Waals surface area contributed by atoms with Crippen molar-refractivity contribution in [2.24, 2.45) is 0 Å². The summed E-state index contributed by atoms with van der Waals surface area (Å²) in [6.07, 6.45) is 3.11. The van der Waals surface area contributed by atoms with E-state index in [4.69, 9.17) is 0 Å². The summed E-state index contributed by atoms with van der Waals surface area (Å²) in [5, 5.41) is 0.253. The molecule has 1 heterocycles. The van der Waals surface area contributed by atoms with Crippen LogP contribution in [0, 0.1) is 0 Å². The molecule has 3 heteroatoms. The molecule has 0 saturated carbocycles. The molecule has 0 aliphatic carbocycles. The monoisotopic (exact) mass is 157 g/mol. The van der Waals surface area contributed by atoms with Gasteiger partial charge in [-0.05, 0) is 12.6 Å². The van der Waals surface area contributed by atoms with Gasteiger partial charge >= 0.3 is 0 Å². The van der Waals surface area contributed by atoms with E-state index < -0.39 is 0 Å². The summed E-state index contributed by atoms with van der Waals surface area (Å²) < 4.78 is 0. The zero-order valence-corrected chi connectivity index (χ0v) is 6.68. The van der Waals surface area contributed by atoms with Gasteiger partial charge in [0.15, 0.2) is 0 Å². The molecule has 1 aliphatic rings. The lowest BCUT2D eigenvalue weighted by atomic mass is 10.1. The van der Waals surface area contributed by atoms with E-state index in [1.54, 1.807) is 11.1 Å². The largest absolute Gasteiger partial charge is 0.320 e. The van der Waals surface area contributed by atoms with Crippen molar-refractivity contribution < 1.29 is 4.79 Å². The number of hydrogen-bond acceptors (Lipinski definition) is 2. The molecule has 1 atom stereocenters. The fourth-order valence-corrected chi connectivity index (χ4v) is 1.30. The van der Waals surface area contributed by atoms with Gasteiger partial charge in [0.2, 0.25) is 5.91 Å². The van der Waals surface area contributed by atoms with Crippen molar-refractivity contribution in [2.45, 2.75) is 18.1 Å². The normalized spacial score (nSPS) is 26.7. The van der Waals surface area contributed by atoms with Crippen molar-refractivity contribution in [1.82, 2.24) is 4.90 Å². The molecule has 0 aromatic carbocycles. The second-order valence-corrected chi connectivity index (χ2v) is 3.15. The lowest BCUT2D eigenvalue weighted by Crippen LogP contribution is -2.35. The summed E-state index contributed by atoms with van der Waals surface area (Å²) in [7, 11) is 0. The number of carbonyl (C=O) groups is 1. The van der Waals surface area contributed by atoms with E-state index in [1.165, 1.54) is 0 Å². The minimum Gasteiger partial charge on any atom is -0.320 e. The average Bonchev–Trinajstić information content (AvgIpc) is 1.88. The van der Waals surface area contributed by atoms with Crippen molar-refractivity contribution >= 4 is 18.5 Å². The molecule has 0 spiro atoms. The molecule has 1 unspecified atom stereocenters. The first-order valence-corrected chi connectivity index (χ1v) is 3.86. The molecule has 1 saturated heterocycles. The Bertz CT molecular complexity index is 158. The van der Waals surface area contributed by atoms with Gasteiger partial charge in [0.1, 0.15) is 0 Å². The fourth-order valence-electron chi connectivity index (χ4n) is 1.03. The fraction of sp³-hybridized carbons (Fsp3) is 0.571. The Kier molecular flexibility index (Phi) is 2.38. The molecule has 0 radical (unpaired) electrons. The average molecular weight is 157 g/mol. The smallest absolute Gasteiger partial charge is 0.227 e. The number of hydrogen-bond donors (Lipinski definition) is 1. The van der Waals surface area contributed by atoms with Gasteiger partial charge in [-0.25, -0.2) is 0 Å². The topological polar surface area (TPSA) is 20.3 Å². The lowest BCUT2D eigenvalue weighted by molar-refractivity contribution is -0.130. The third kappa shape index (κ3) is 1.53. The Labute approximate surface area is 66.3 Å². The first-order chi connectivity index (χ1) is 4.74. The summed E-state index contributed by atoms with van der Waals surface area (Å²) in [6, 6.07) is 0. The summed E-state index contributed by atoms with van der Waals surface area (Å²) >= 11 is 4.22. The zero-order chi connectivity index (χ0) is 7.56. The second-order valence-electron chi connectivity index (χ2n) is 2.42. The quantitative estimate of drug-likeness (QED) is 0.564. The second kappa shape index (κ2) is 3.10. The first-order valence-electron chi connectivity index (χ1n) is 3.34. The van der Waals surface area contributed by atoms with E-state index in [1.807, 2.05) is 0 Å². The molecule has 0 N–H and O–H groups in total. The van der Waals surface area contributed by atoms with Crippen LogP contribution in [-0.4, -0.2) is 22.6 Å². The Morgan fingerprint density at radius 2 is 2.50 bits per heavy atom. The molecule has 0 aromatic rings. The van der Waals surface area contributed by atoms with Gasteiger partial charge in [-0.1, -0.05) is 6.58 Å². The van der Waals surface area contributed by atoms with Gasteiger partial charge in [-0.15, -0.1) is 0 Å². The van der Waals surface area contributed by atoms with Gasteiger partial charge < -0.3 is 4.90 Å². The summed E-state index contributed by atoms with van der Waals surface area (Å²) in [5.74, 6) is 0.140. The number of likely N-dealkylation sites (tertiary alicyclic amines) is 1. The molecule has 1 amide bonds. The standard InChI is InChI=1S/C7H11NOS/c1-2-8-4-3-6(10)5-7(8)9/h2,6,10H,1,3-5H2. The predicted octanol–water partition coefficient (Wildman–Crippen LogP) is 1.05. The van der Waals surface area contributed by atoms with Crippen LogP contribution in [0.15, 0.2) is 12.8 Å². The van der Waals surface area contributed by atoms with E-state index in [0.717, 1.165) is 13.0 Å². The third-order valence-corrected chi connectivity index (χ3v) is 2.09. The number of nitrogens with zero attached hydrogens (tertiary/aromatic N) is 1. The highest BCUT2D eigenvalue weighted by Gasteiger charge is 2.20. The van der Waals surface area contributed by atoms with Gasteiger partial charge in [-0.2, -0.15) is 12.6 Å². The molecular weight excluding hydrogens is 146 g/mol. The minimum atomic E-state index is 0.140. The Morgan fingerprint density at radius 3 is 3.00 bits per heavy atom. The van der Waals surface area contributed by atoms with Crippen LogP contribution < -0.4 is 0 Å². The van der Waals surface area contributed by atoms with E-state index in [-0.39, 0.29) is 11.2 Å². The van der Waals surface area contributed by atoms with Crippen LogP contribution in [0.2, 0.25) is 0 Å². The first kappa shape index (κ1) is 7.66. The number of piperidine rings is 1. The van der Waals surface area contributed by atoms with Crippen LogP contribution in [0.4, 0.5) is 0 Å². The maximum Gasteiger partial charge on any atom is 0.227 e. The van der Waals surface area contributed by atoms with Crippen LogP contribution in [0.25, 0.3) is 0 Å². The van der Waals surface area contributed by atoms with E-state index in [9.17, 15) is 4.79 Å². The lowest BCUT2D eigenvalue weighted by Gasteiger charge is -2.26. The van der Waals surface area contributed by atoms with Crippen molar-refractivity contribution in [3.8, 4) is 0 Å². The SMILES string of the molecule is C=CN1CCC(S)CC1=O. The molecule has 56 valence electrons. The summed E-state index contributed by atoms with van der Waals surface area (Å²) in [6.45, 7) is 4.31. The molecule has 0 bridgehead atoms. The van der Waals surface area contributed by atoms with Crippen molar-refractivity contribution in [3.05, 3.63) is 12.8 Å². The third-order valence-electron chi connectivity index (χ3n) is 1.65. The van der Waals surface area contributed by atoms with Crippen LogP contribution in [0.3, 0.4) is 0 Å². The maximum atomic E-state index is 11.0. The number of amides is 1. The van der Waals surface area contributed by atoms with Crippen molar-refractivity contribution in [3.63, 3.8) is 0 Å². The minimum absolute atomic E-state index is 0.140. The molecule has 10 heavy (non-hydrogen) atoms. The molecular formula is C7H11NOS. The van der Waals surface area contributed by atoms with Gasteiger partial charge in [0.25, 0.3) is 0 Å². The van der Waals surface area contributed by atoms with E-state index in [0.29, 0.717) is 6.42 Å². The van der Waals surface area contributed by atoms with E-state index >= 15 is 0 Å². The van der Waals surface area contributed by atoms with Crippen molar-refractivity contribution in [2.75, 3.05) is 6.54 Å². The molecule has 1 fully saturated rings. The number of thiol groups is 1. The van der Waals surface area contributed by atoms with Gasteiger partial charge in [0.05, 0.1) is 0 Å². The summed E-state index contributed by atoms with van der Waals surface area (Å²) in [4.78, 5) is 12.7. The highest BCUT2D eigenvalue weighted by atomic mass is 32.1. The van der Waals surface area contributed by atoms with Gasteiger partial charge in [-0.3, -0.25) is 4.79 Å². The van der Waals surface area contributed by atoms with Gasteiger partial charge in [0, 0.05) is 18.2 Å². The zero-order valence-electron chi connectivity index (χ0n) is 5.79. The molecule has 0 aromatic heterocycles. The number of rotatable bonds is 1. The van der Waals surface area contributed by atoms with E-state index in [2.05, 4.69) is 19.2 Å². The highest BCUT2D eigenvalue weighted by Crippen LogP contribution is 2.15. The maximum absolute atomic E-state index is 11.0. The molecule has 1 rings (SSSR count). The van der Waals surface area contributed by atoms with Crippen LogP contribution in [-0.2, 0) is 4.79 Å². The Balaban J connectivity index is 2.51. The van der Waals surface area contributed by atoms with Crippen LogP contribution in [0.1, 0.15) is 12.8 Å². The predicted molar refractivity (Wildman–Crippen MR) is 43.9 cm³/mol. The molecule has 2 nitrogen and oxygen atoms in total. The Morgan fingerprint density at radius 1 is 1.80 bits per heavy atom. The Hall–Kier alpha value is -0.440.